The summed E-state index contributed by atoms with van der Waals surface area (Å²) in [7, 11) is 0. The second-order valence-corrected chi connectivity index (χ2v) is 4.67. The molecule has 84 valence electrons. The molecule has 0 heterocycles. The van der Waals surface area contributed by atoms with Gasteiger partial charge in [-0.25, -0.2) is 0 Å². The Labute approximate surface area is 103 Å². The van der Waals surface area contributed by atoms with Crippen molar-refractivity contribution in [3.05, 3.63) is 40.4 Å². The number of rotatable bonds is 3. The van der Waals surface area contributed by atoms with Gasteiger partial charge in [-0.3, -0.25) is 4.79 Å². The number of hydrogen-bond donors (Lipinski definition) is 0. The van der Waals surface area contributed by atoms with Crippen LogP contribution in [-0.4, -0.2) is 12.4 Å². The largest absolute Gasteiger partial charge is 0.486 e. The maximum absolute atomic E-state index is 10.8. The van der Waals surface area contributed by atoms with Crippen molar-refractivity contribution in [2.75, 3.05) is 0 Å². The lowest BCUT2D eigenvalue weighted by atomic mass is 10.1. The fraction of sp³-hybridized carbons (Fsp3) is 0.308. The van der Waals surface area contributed by atoms with Crippen LogP contribution < -0.4 is 4.74 Å². The van der Waals surface area contributed by atoms with Crippen LogP contribution in [0.3, 0.4) is 0 Å². The molecule has 3 heteroatoms. The average molecular weight is 281 g/mol. The normalized spacial score (nSPS) is 19.4. The Kier molecular flexibility index (Phi) is 3.78. The molecule has 0 fully saturated rings. The van der Waals surface area contributed by atoms with Gasteiger partial charge in [-0.05, 0) is 43.5 Å². The highest BCUT2D eigenvalue weighted by molar-refractivity contribution is 9.10. The molecular formula is C13H13BrO2. The van der Waals surface area contributed by atoms with E-state index in [2.05, 4.69) is 28.1 Å². The number of ether oxygens (including phenoxy) is 1. The quantitative estimate of drug-likeness (QED) is 0.623. The lowest BCUT2D eigenvalue weighted by Gasteiger charge is -2.18. The van der Waals surface area contributed by atoms with E-state index < -0.39 is 0 Å². The first-order valence-electron chi connectivity index (χ1n) is 5.37. The molecule has 0 saturated heterocycles. The molecular weight excluding hydrogens is 268 g/mol. The maximum Gasteiger partial charge on any atom is 0.151 e. The molecule has 0 N–H and O–H groups in total. The minimum absolute atomic E-state index is 0.148. The maximum atomic E-state index is 10.8. The number of hydrogen-bond acceptors (Lipinski definition) is 2. The second kappa shape index (κ2) is 5.30. The Morgan fingerprint density at radius 3 is 3.00 bits per heavy atom. The molecule has 1 aromatic carbocycles. The van der Waals surface area contributed by atoms with E-state index in [4.69, 9.17) is 4.74 Å². The van der Waals surface area contributed by atoms with Crippen LogP contribution in [0.5, 0.6) is 5.75 Å². The molecule has 0 aromatic heterocycles. The summed E-state index contributed by atoms with van der Waals surface area (Å²) in [6, 6.07) is 5.48. The summed E-state index contributed by atoms with van der Waals surface area (Å²) in [5, 5.41) is 0. The van der Waals surface area contributed by atoms with Crippen molar-refractivity contribution in [1.82, 2.24) is 0 Å². The van der Waals surface area contributed by atoms with Gasteiger partial charge in [0, 0.05) is 10.0 Å². The van der Waals surface area contributed by atoms with Crippen molar-refractivity contribution in [3.63, 3.8) is 0 Å². The van der Waals surface area contributed by atoms with Crippen LogP contribution in [0.1, 0.15) is 29.6 Å². The first-order chi connectivity index (χ1) is 7.79. The Balaban J connectivity index is 2.11. The van der Waals surface area contributed by atoms with E-state index >= 15 is 0 Å². The third-order valence-corrected chi connectivity index (χ3v) is 3.31. The Hall–Kier alpha value is -1.09. The van der Waals surface area contributed by atoms with Gasteiger partial charge in [-0.15, -0.1) is 0 Å². The first kappa shape index (κ1) is 11.4. The van der Waals surface area contributed by atoms with Crippen molar-refractivity contribution in [1.29, 1.82) is 0 Å². The molecule has 0 amide bonds. The molecule has 16 heavy (non-hydrogen) atoms. The monoisotopic (exact) mass is 280 g/mol. The average Bonchev–Trinajstić information content (AvgIpc) is 2.33. The third-order valence-electron chi connectivity index (χ3n) is 2.59. The van der Waals surface area contributed by atoms with Gasteiger partial charge < -0.3 is 4.74 Å². The number of allylic oxidation sites excluding steroid dienone is 1. The Morgan fingerprint density at radius 1 is 1.44 bits per heavy atom. The van der Waals surface area contributed by atoms with E-state index in [0.29, 0.717) is 5.56 Å². The zero-order chi connectivity index (χ0) is 11.4. The summed E-state index contributed by atoms with van der Waals surface area (Å²) < 4.78 is 6.59. The molecule has 0 bridgehead atoms. The van der Waals surface area contributed by atoms with Gasteiger partial charge in [0.1, 0.15) is 11.9 Å². The van der Waals surface area contributed by atoms with Crippen molar-refractivity contribution in [2.45, 2.75) is 25.4 Å². The van der Waals surface area contributed by atoms with Crippen molar-refractivity contribution in [2.24, 2.45) is 0 Å². The van der Waals surface area contributed by atoms with Crippen molar-refractivity contribution >= 4 is 22.2 Å². The van der Waals surface area contributed by atoms with E-state index in [1.54, 1.807) is 6.07 Å². The summed E-state index contributed by atoms with van der Waals surface area (Å²) in [5.41, 5.74) is 0.622. The second-order valence-electron chi connectivity index (χ2n) is 3.82. The molecule has 2 rings (SSSR count). The van der Waals surface area contributed by atoms with E-state index in [0.717, 1.165) is 35.8 Å². The highest BCUT2D eigenvalue weighted by Gasteiger charge is 2.10. The minimum atomic E-state index is 0.148. The topological polar surface area (TPSA) is 26.3 Å². The third kappa shape index (κ3) is 2.73. The summed E-state index contributed by atoms with van der Waals surface area (Å²) in [5.74, 6) is 0.752. The molecule has 1 aliphatic rings. The molecule has 0 spiro atoms. The predicted molar refractivity (Wildman–Crippen MR) is 66.9 cm³/mol. The number of halogens is 1. The zero-order valence-corrected chi connectivity index (χ0v) is 10.4. The molecule has 0 saturated carbocycles. The summed E-state index contributed by atoms with van der Waals surface area (Å²) in [6.45, 7) is 0. The minimum Gasteiger partial charge on any atom is -0.486 e. The zero-order valence-electron chi connectivity index (χ0n) is 8.86. The summed E-state index contributed by atoms with van der Waals surface area (Å²) in [6.07, 6.45) is 8.56. The number of benzene rings is 1. The summed E-state index contributed by atoms with van der Waals surface area (Å²) >= 11 is 3.32. The molecule has 1 unspecified atom stereocenters. The predicted octanol–water partition coefficient (Wildman–Crippen LogP) is 3.75. The lowest BCUT2D eigenvalue weighted by Crippen LogP contribution is -2.15. The molecule has 0 aliphatic heterocycles. The fourth-order valence-electron chi connectivity index (χ4n) is 1.74. The first-order valence-corrected chi connectivity index (χ1v) is 6.17. The van der Waals surface area contributed by atoms with Crippen LogP contribution in [-0.2, 0) is 0 Å². The Bertz CT molecular complexity index is 412. The molecule has 1 aromatic rings. The van der Waals surface area contributed by atoms with Gasteiger partial charge in [0.05, 0.1) is 0 Å². The lowest BCUT2D eigenvalue weighted by molar-refractivity contribution is 0.112. The van der Waals surface area contributed by atoms with Crippen LogP contribution in [0.25, 0.3) is 0 Å². The highest BCUT2D eigenvalue weighted by atomic mass is 79.9. The molecule has 2 nitrogen and oxygen atoms in total. The van der Waals surface area contributed by atoms with Crippen LogP contribution in [0.4, 0.5) is 0 Å². The smallest absolute Gasteiger partial charge is 0.151 e. The number of aldehydes is 1. The Morgan fingerprint density at radius 2 is 2.31 bits per heavy atom. The van der Waals surface area contributed by atoms with Gasteiger partial charge in [0.15, 0.2) is 6.29 Å². The van der Waals surface area contributed by atoms with Crippen molar-refractivity contribution in [3.8, 4) is 5.75 Å². The highest BCUT2D eigenvalue weighted by Crippen LogP contribution is 2.24. The number of carbonyl (C=O) groups is 1. The van der Waals surface area contributed by atoms with Crippen LogP contribution in [0, 0.1) is 0 Å². The van der Waals surface area contributed by atoms with Crippen LogP contribution >= 0.6 is 15.9 Å². The van der Waals surface area contributed by atoms with Gasteiger partial charge >= 0.3 is 0 Å². The van der Waals surface area contributed by atoms with Gasteiger partial charge in [-0.2, -0.15) is 0 Å². The summed E-state index contributed by atoms with van der Waals surface area (Å²) in [4.78, 5) is 10.8. The van der Waals surface area contributed by atoms with Crippen LogP contribution in [0.15, 0.2) is 34.8 Å². The van der Waals surface area contributed by atoms with E-state index in [1.165, 1.54) is 0 Å². The van der Waals surface area contributed by atoms with E-state index in [1.807, 2.05) is 12.1 Å². The van der Waals surface area contributed by atoms with E-state index in [-0.39, 0.29) is 6.10 Å². The van der Waals surface area contributed by atoms with Gasteiger partial charge in [-0.1, -0.05) is 22.0 Å². The van der Waals surface area contributed by atoms with E-state index in [9.17, 15) is 4.79 Å². The van der Waals surface area contributed by atoms with Crippen molar-refractivity contribution < 1.29 is 9.53 Å². The van der Waals surface area contributed by atoms with Gasteiger partial charge in [0.25, 0.3) is 0 Å². The standard InChI is InChI=1S/C13H13BrO2/c14-13-7-6-12(8-10(13)9-15)16-11-4-2-1-3-5-11/h2,4,6-9,11H,1,3,5H2. The fourth-order valence-corrected chi connectivity index (χ4v) is 2.08. The SMILES string of the molecule is O=Cc1cc(OC2C=CCCC2)ccc1Br. The molecule has 1 atom stereocenters. The molecule has 0 radical (unpaired) electrons. The van der Waals surface area contributed by atoms with Gasteiger partial charge in [0.2, 0.25) is 0 Å². The number of carbonyl (C=O) groups excluding carboxylic acids is 1. The molecule has 1 aliphatic carbocycles. The van der Waals surface area contributed by atoms with Crippen LogP contribution in [0.2, 0.25) is 0 Å².